The first-order valence-corrected chi connectivity index (χ1v) is 8.05. The molecule has 0 aliphatic carbocycles. The fraction of sp³-hybridized carbons (Fsp3) is 0.353. The molecule has 132 valence electrons. The van der Waals surface area contributed by atoms with Gasteiger partial charge in [-0.2, -0.15) is 5.10 Å². The summed E-state index contributed by atoms with van der Waals surface area (Å²) in [7, 11) is 1.57. The van der Waals surface area contributed by atoms with Crippen molar-refractivity contribution >= 4 is 17.7 Å². The van der Waals surface area contributed by atoms with Gasteiger partial charge >= 0.3 is 12.0 Å². The number of urea groups is 1. The number of hydrogen-bond donors (Lipinski definition) is 2. The Hall–Kier alpha value is -3.03. The molecule has 3 rings (SSSR count). The van der Waals surface area contributed by atoms with Crippen LogP contribution >= 0.6 is 0 Å². The Morgan fingerprint density at radius 1 is 1.40 bits per heavy atom. The van der Waals surface area contributed by atoms with E-state index in [1.807, 2.05) is 0 Å². The van der Waals surface area contributed by atoms with E-state index in [0.29, 0.717) is 36.5 Å². The standard InChI is InChI=1S/C17H20N4O4/c1-3-25-16(22)15-13-10-21(8-7-14(13)19-20-15)17(23)18-11-5-4-6-12(9-11)24-2/h4-6,9H,3,7-8,10H2,1-2H3,(H,18,23)(H,19,20). The molecule has 0 radical (unpaired) electrons. The van der Waals surface area contributed by atoms with Crippen molar-refractivity contribution in [2.24, 2.45) is 0 Å². The first-order valence-electron chi connectivity index (χ1n) is 8.05. The predicted molar refractivity (Wildman–Crippen MR) is 90.7 cm³/mol. The second-order valence-electron chi connectivity index (χ2n) is 5.58. The minimum Gasteiger partial charge on any atom is -0.497 e. The summed E-state index contributed by atoms with van der Waals surface area (Å²) in [5, 5.41) is 9.75. The minimum atomic E-state index is -0.477. The molecule has 1 aromatic heterocycles. The number of H-pyrrole nitrogens is 1. The highest BCUT2D eigenvalue weighted by atomic mass is 16.5. The Morgan fingerprint density at radius 3 is 3.00 bits per heavy atom. The van der Waals surface area contributed by atoms with Gasteiger partial charge in [0.1, 0.15) is 5.75 Å². The Kier molecular flexibility index (Phi) is 4.87. The SMILES string of the molecule is CCOC(=O)c1n[nH]c2c1CN(C(=O)Nc1cccc(OC)c1)CC2. The lowest BCUT2D eigenvalue weighted by atomic mass is 10.1. The number of amides is 2. The van der Waals surface area contributed by atoms with Gasteiger partial charge in [-0.1, -0.05) is 6.07 Å². The number of rotatable bonds is 4. The Labute approximate surface area is 145 Å². The summed E-state index contributed by atoms with van der Waals surface area (Å²) in [4.78, 5) is 26.1. The van der Waals surface area contributed by atoms with Gasteiger partial charge in [0, 0.05) is 36.0 Å². The molecule has 1 aromatic carbocycles. The highest BCUT2D eigenvalue weighted by molar-refractivity contribution is 5.91. The van der Waals surface area contributed by atoms with Crippen molar-refractivity contribution < 1.29 is 19.1 Å². The fourth-order valence-electron chi connectivity index (χ4n) is 2.74. The zero-order valence-corrected chi connectivity index (χ0v) is 14.2. The van der Waals surface area contributed by atoms with Gasteiger partial charge in [-0.15, -0.1) is 0 Å². The van der Waals surface area contributed by atoms with Gasteiger partial charge in [-0.05, 0) is 19.1 Å². The van der Waals surface area contributed by atoms with Crippen LogP contribution in [-0.4, -0.2) is 47.4 Å². The monoisotopic (exact) mass is 344 g/mol. The molecule has 0 spiro atoms. The average molecular weight is 344 g/mol. The number of hydrogen-bond acceptors (Lipinski definition) is 5. The summed E-state index contributed by atoms with van der Waals surface area (Å²) in [6, 6.07) is 6.90. The van der Waals surface area contributed by atoms with Crippen molar-refractivity contribution in [3.63, 3.8) is 0 Å². The van der Waals surface area contributed by atoms with E-state index in [-0.39, 0.29) is 18.3 Å². The summed E-state index contributed by atoms with van der Waals surface area (Å²) in [5.41, 5.74) is 2.47. The smallest absolute Gasteiger partial charge is 0.359 e. The van der Waals surface area contributed by atoms with Crippen molar-refractivity contribution in [2.75, 3.05) is 25.6 Å². The molecule has 0 saturated heterocycles. The molecule has 1 aliphatic heterocycles. The van der Waals surface area contributed by atoms with Crippen LogP contribution in [0.25, 0.3) is 0 Å². The van der Waals surface area contributed by atoms with Gasteiger partial charge in [0.15, 0.2) is 5.69 Å². The van der Waals surface area contributed by atoms with Gasteiger partial charge in [0.2, 0.25) is 0 Å². The highest BCUT2D eigenvalue weighted by Gasteiger charge is 2.28. The van der Waals surface area contributed by atoms with Crippen molar-refractivity contribution in [1.82, 2.24) is 15.1 Å². The molecule has 1 aliphatic rings. The van der Waals surface area contributed by atoms with E-state index < -0.39 is 5.97 Å². The molecule has 0 bridgehead atoms. The lowest BCUT2D eigenvalue weighted by Crippen LogP contribution is -2.39. The number of methoxy groups -OCH3 is 1. The van der Waals surface area contributed by atoms with Gasteiger partial charge in [0.05, 0.1) is 20.3 Å². The molecule has 2 amide bonds. The van der Waals surface area contributed by atoms with E-state index in [2.05, 4.69) is 15.5 Å². The zero-order valence-electron chi connectivity index (χ0n) is 14.2. The molecular weight excluding hydrogens is 324 g/mol. The third kappa shape index (κ3) is 3.57. The van der Waals surface area contributed by atoms with Crippen LogP contribution in [0.5, 0.6) is 5.75 Å². The maximum absolute atomic E-state index is 12.5. The van der Waals surface area contributed by atoms with Crippen LogP contribution in [-0.2, 0) is 17.7 Å². The Bertz CT molecular complexity index is 787. The van der Waals surface area contributed by atoms with Gasteiger partial charge in [-0.25, -0.2) is 9.59 Å². The van der Waals surface area contributed by atoms with Crippen LogP contribution < -0.4 is 10.1 Å². The first kappa shape index (κ1) is 16.8. The number of esters is 1. The number of nitrogens with one attached hydrogen (secondary N) is 2. The molecule has 0 atom stereocenters. The topological polar surface area (TPSA) is 96.5 Å². The third-order valence-electron chi connectivity index (χ3n) is 4.01. The molecule has 8 nitrogen and oxygen atoms in total. The van der Waals surface area contributed by atoms with Gasteiger partial charge in [0.25, 0.3) is 0 Å². The lowest BCUT2D eigenvalue weighted by molar-refractivity contribution is 0.0517. The first-order chi connectivity index (χ1) is 12.1. The number of aromatic amines is 1. The van der Waals surface area contributed by atoms with E-state index >= 15 is 0 Å². The van der Waals surface area contributed by atoms with Crippen LogP contribution in [0, 0.1) is 0 Å². The summed E-state index contributed by atoms with van der Waals surface area (Å²) in [6.45, 7) is 2.86. The quantitative estimate of drug-likeness (QED) is 0.829. The van der Waals surface area contributed by atoms with Crippen molar-refractivity contribution in [3.8, 4) is 5.75 Å². The van der Waals surface area contributed by atoms with Crippen LogP contribution in [0.15, 0.2) is 24.3 Å². The van der Waals surface area contributed by atoms with Gasteiger partial charge < -0.3 is 19.7 Å². The van der Waals surface area contributed by atoms with E-state index in [1.54, 1.807) is 43.2 Å². The Morgan fingerprint density at radius 2 is 2.24 bits per heavy atom. The van der Waals surface area contributed by atoms with E-state index in [1.165, 1.54) is 0 Å². The summed E-state index contributed by atoms with van der Waals surface area (Å²) >= 11 is 0. The number of ether oxygens (including phenoxy) is 2. The minimum absolute atomic E-state index is 0.241. The molecule has 2 heterocycles. The maximum Gasteiger partial charge on any atom is 0.359 e. The lowest BCUT2D eigenvalue weighted by Gasteiger charge is -2.27. The second kappa shape index (κ2) is 7.25. The number of carbonyl (C=O) groups is 2. The number of nitrogens with zero attached hydrogens (tertiary/aromatic N) is 2. The zero-order chi connectivity index (χ0) is 17.8. The molecule has 25 heavy (non-hydrogen) atoms. The number of anilines is 1. The molecule has 0 fully saturated rings. The summed E-state index contributed by atoms with van der Waals surface area (Å²) in [5.74, 6) is 0.188. The molecule has 8 heteroatoms. The fourth-order valence-corrected chi connectivity index (χ4v) is 2.74. The normalized spacial score (nSPS) is 13.1. The van der Waals surface area contributed by atoms with E-state index in [9.17, 15) is 9.59 Å². The molecule has 2 aromatic rings. The predicted octanol–water partition coefficient (Wildman–Crippen LogP) is 2.19. The van der Waals surface area contributed by atoms with E-state index in [0.717, 1.165) is 5.69 Å². The summed E-state index contributed by atoms with van der Waals surface area (Å²) in [6.07, 6.45) is 0.604. The second-order valence-corrected chi connectivity index (χ2v) is 5.58. The van der Waals surface area contributed by atoms with Crippen LogP contribution in [0.3, 0.4) is 0 Å². The molecule has 0 unspecified atom stereocenters. The number of benzene rings is 1. The molecule has 2 N–H and O–H groups in total. The Balaban J connectivity index is 1.72. The average Bonchev–Trinajstić information content (AvgIpc) is 3.05. The molecular formula is C17H20N4O4. The van der Waals surface area contributed by atoms with Crippen molar-refractivity contribution in [1.29, 1.82) is 0 Å². The number of aromatic nitrogens is 2. The summed E-state index contributed by atoms with van der Waals surface area (Å²) < 4.78 is 10.2. The van der Waals surface area contributed by atoms with Crippen LogP contribution in [0.2, 0.25) is 0 Å². The van der Waals surface area contributed by atoms with Gasteiger partial charge in [-0.3, -0.25) is 5.10 Å². The number of carbonyl (C=O) groups excluding carboxylic acids is 2. The van der Waals surface area contributed by atoms with Crippen molar-refractivity contribution in [3.05, 3.63) is 41.2 Å². The van der Waals surface area contributed by atoms with Crippen LogP contribution in [0.4, 0.5) is 10.5 Å². The maximum atomic E-state index is 12.5. The van der Waals surface area contributed by atoms with E-state index in [4.69, 9.17) is 9.47 Å². The van der Waals surface area contributed by atoms with Crippen molar-refractivity contribution in [2.45, 2.75) is 19.9 Å². The largest absolute Gasteiger partial charge is 0.497 e. The number of fused-ring (bicyclic) bond motifs is 1. The molecule has 0 saturated carbocycles. The van der Waals surface area contributed by atoms with Crippen LogP contribution in [0.1, 0.15) is 28.7 Å². The highest BCUT2D eigenvalue weighted by Crippen LogP contribution is 2.23. The third-order valence-corrected chi connectivity index (χ3v) is 4.01.